The van der Waals surface area contributed by atoms with Crippen molar-refractivity contribution < 1.29 is 14.4 Å². The molecule has 0 bridgehead atoms. The highest BCUT2D eigenvalue weighted by Gasteiger charge is 2.10. The molecule has 1 aromatic carbocycles. The van der Waals surface area contributed by atoms with Gasteiger partial charge in [-0.25, -0.2) is 0 Å². The van der Waals surface area contributed by atoms with Crippen LogP contribution < -0.4 is 22.1 Å². The summed E-state index contributed by atoms with van der Waals surface area (Å²) in [6.45, 7) is 2.65. The largest absolute Gasteiger partial charge is 0.366 e. The maximum atomic E-state index is 11.5. The van der Waals surface area contributed by atoms with Gasteiger partial charge in [0, 0.05) is 16.8 Å². The molecule has 3 amide bonds. The van der Waals surface area contributed by atoms with E-state index in [9.17, 15) is 14.4 Å². The Morgan fingerprint density at radius 2 is 1.58 bits per heavy atom. The van der Waals surface area contributed by atoms with Gasteiger partial charge in [-0.05, 0) is 24.7 Å². The monoisotopic (exact) mass is 264 g/mol. The number of anilines is 1. The number of hydrogen-bond acceptors (Lipinski definition) is 4. The first kappa shape index (κ1) is 14.7. The molecule has 19 heavy (non-hydrogen) atoms. The summed E-state index contributed by atoms with van der Waals surface area (Å²) < 4.78 is 0. The van der Waals surface area contributed by atoms with Gasteiger partial charge in [0.05, 0.1) is 6.54 Å². The molecule has 0 radical (unpaired) electrons. The van der Waals surface area contributed by atoms with Gasteiger partial charge in [-0.2, -0.15) is 0 Å². The number of hydrogen-bond donors (Lipinski definition) is 4. The molecule has 0 saturated heterocycles. The number of primary amides is 2. The van der Waals surface area contributed by atoms with Crippen LogP contribution in [0.2, 0.25) is 0 Å². The van der Waals surface area contributed by atoms with E-state index in [1.54, 1.807) is 0 Å². The molecule has 7 nitrogen and oxygen atoms in total. The van der Waals surface area contributed by atoms with Crippen LogP contribution >= 0.6 is 0 Å². The van der Waals surface area contributed by atoms with Crippen molar-refractivity contribution in [2.75, 3.05) is 18.4 Å². The van der Waals surface area contributed by atoms with Gasteiger partial charge >= 0.3 is 0 Å². The van der Waals surface area contributed by atoms with Crippen molar-refractivity contribution in [2.24, 2.45) is 11.5 Å². The lowest BCUT2D eigenvalue weighted by molar-refractivity contribution is -0.115. The Bertz CT molecular complexity index is 481. The molecular weight excluding hydrogens is 248 g/mol. The number of likely N-dealkylation sites (N-methyl/N-ethyl adjacent to an activating group) is 1. The maximum absolute atomic E-state index is 11.5. The molecule has 7 heteroatoms. The van der Waals surface area contributed by atoms with Crippen LogP contribution in [0.5, 0.6) is 0 Å². The Hall–Kier alpha value is -2.41. The van der Waals surface area contributed by atoms with Crippen LogP contribution in [-0.4, -0.2) is 30.8 Å². The summed E-state index contributed by atoms with van der Waals surface area (Å²) in [6.07, 6.45) is 0. The van der Waals surface area contributed by atoms with Gasteiger partial charge in [-0.15, -0.1) is 0 Å². The summed E-state index contributed by atoms with van der Waals surface area (Å²) in [5.41, 5.74) is 10.8. The first-order chi connectivity index (χ1) is 8.93. The van der Waals surface area contributed by atoms with Crippen LogP contribution in [0.4, 0.5) is 5.69 Å². The Kier molecular flexibility index (Phi) is 5.01. The zero-order valence-electron chi connectivity index (χ0n) is 10.5. The highest BCUT2D eigenvalue weighted by molar-refractivity contribution is 6.01. The third-order valence-electron chi connectivity index (χ3n) is 2.32. The molecule has 0 atom stereocenters. The van der Waals surface area contributed by atoms with Gasteiger partial charge < -0.3 is 22.1 Å². The van der Waals surface area contributed by atoms with Crippen molar-refractivity contribution in [3.63, 3.8) is 0 Å². The molecule has 1 rings (SSSR count). The van der Waals surface area contributed by atoms with Crippen LogP contribution in [-0.2, 0) is 4.79 Å². The van der Waals surface area contributed by atoms with Crippen molar-refractivity contribution in [3.05, 3.63) is 29.3 Å². The topological polar surface area (TPSA) is 127 Å². The van der Waals surface area contributed by atoms with Gasteiger partial charge in [0.25, 0.3) is 0 Å². The third-order valence-corrected chi connectivity index (χ3v) is 2.32. The first-order valence-electron chi connectivity index (χ1n) is 5.69. The number of nitrogens with two attached hydrogens (primary N) is 2. The second-order valence-electron chi connectivity index (χ2n) is 3.86. The summed E-state index contributed by atoms with van der Waals surface area (Å²) in [6, 6.07) is 4.06. The Balaban J connectivity index is 2.96. The quantitative estimate of drug-likeness (QED) is 0.548. The fraction of sp³-hybridized carbons (Fsp3) is 0.250. The number of carbonyl (C=O) groups is 3. The average Bonchev–Trinajstić information content (AvgIpc) is 2.35. The molecule has 0 spiro atoms. The third kappa shape index (κ3) is 4.40. The second-order valence-corrected chi connectivity index (χ2v) is 3.86. The molecule has 1 aromatic rings. The summed E-state index contributed by atoms with van der Waals surface area (Å²) in [4.78, 5) is 33.8. The highest BCUT2D eigenvalue weighted by Crippen LogP contribution is 2.14. The average molecular weight is 264 g/mol. The predicted octanol–water partition coefficient (Wildman–Crippen LogP) is -0.568. The molecule has 0 heterocycles. The van der Waals surface area contributed by atoms with E-state index in [0.29, 0.717) is 12.2 Å². The number of rotatable bonds is 6. The number of carbonyl (C=O) groups excluding carboxylic acids is 3. The molecule has 102 valence electrons. The van der Waals surface area contributed by atoms with Crippen molar-refractivity contribution in [1.29, 1.82) is 0 Å². The number of nitrogens with one attached hydrogen (secondary N) is 2. The normalized spacial score (nSPS) is 9.95. The zero-order valence-corrected chi connectivity index (χ0v) is 10.5. The molecule has 0 fully saturated rings. The molecule has 0 aromatic heterocycles. The van der Waals surface area contributed by atoms with E-state index in [4.69, 9.17) is 11.5 Å². The maximum Gasteiger partial charge on any atom is 0.248 e. The lowest BCUT2D eigenvalue weighted by Gasteiger charge is -2.08. The van der Waals surface area contributed by atoms with Crippen LogP contribution in [0.3, 0.4) is 0 Å². The molecule has 0 aliphatic rings. The van der Waals surface area contributed by atoms with Gasteiger partial charge in [-0.3, -0.25) is 14.4 Å². The summed E-state index contributed by atoms with van der Waals surface area (Å²) in [5.74, 6) is -1.70. The first-order valence-corrected chi connectivity index (χ1v) is 5.69. The molecule has 0 saturated carbocycles. The van der Waals surface area contributed by atoms with Gasteiger partial charge in [0.15, 0.2) is 0 Å². The lowest BCUT2D eigenvalue weighted by atomic mass is 10.1. The van der Waals surface area contributed by atoms with Gasteiger partial charge in [0.2, 0.25) is 17.7 Å². The Morgan fingerprint density at radius 1 is 1.05 bits per heavy atom. The van der Waals surface area contributed by atoms with E-state index in [2.05, 4.69) is 10.6 Å². The van der Waals surface area contributed by atoms with Crippen molar-refractivity contribution >= 4 is 23.4 Å². The highest BCUT2D eigenvalue weighted by atomic mass is 16.2. The van der Waals surface area contributed by atoms with E-state index in [0.717, 1.165) is 0 Å². The second kappa shape index (κ2) is 6.50. The minimum Gasteiger partial charge on any atom is -0.366 e. The van der Waals surface area contributed by atoms with Crippen molar-refractivity contribution in [1.82, 2.24) is 5.32 Å². The summed E-state index contributed by atoms with van der Waals surface area (Å²) in [5, 5.41) is 5.40. The number of amides is 3. The Labute approximate surface area is 110 Å². The van der Waals surface area contributed by atoms with Crippen LogP contribution in [0, 0.1) is 0 Å². The van der Waals surface area contributed by atoms with E-state index in [1.807, 2.05) is 6.92 Å². The zero-order chi connectivity index (χ0) is 14.4. The molecule has 6 N–H and O–H groups in total. The lowest BCUT2D eigenvalue weighted by Crippen LogP contribution is -2.28. The predicted molar refractivity (Wildman–Crippen MR) is 70.7 cm³/mol. The van der Waals surface area contributed by atoms with Crippen molar-refractivity contribution in [3.8, 4) is 0 Å². The SMILES string of the molecule is CCNCC(=O)Nc1cc(C(N)=O)cc(C(N)=O)c1. The molecule has 0 unspecified atom stereocenters. The van der Waals surface area contributed by atoms with Crippen LogP contribution in [0.15, 0.2) is 18.2 Å². The van der Waals surface area contributed by atoms with Crippen LogP contribution in [0.25, 0.3) is 0 Å². The van der Waals surface area contributed by atoms with E-state index < -0.39 is 11.8 Å². The minimum absolute atomic E-state index is 0.107. The summed E-state index contributed by atoms with van der Waals surface area (Å²) >= 11 is 0. The molecule has 0 aliphatic heterocycles. The van der Waals surface area contributed by atoms with Crippen molar-refractivity contribution in [2.45, 2.75) is 6.92 Å². The van der Waals surface area contributed by atoms with Gasteiger partial charge in [-0.1, -0.05) is 6.92 Å². The molecule has 0 aliphatic carbocycles. The van der Waals surface area contributed by atoms with E-state index in [-0.39, 0.29) is 23.6 Å². The molecular formula is C12H16N4O3. The summed E-state index contributed by atoms with van der Waals surface area (Å²) in [7, 11) is 0. The smallest absolute Gasteiger partial charge is 0.248 e. The number of benzene rings is 1. The standard InChI is InChI=1S/C12H16N4O3/c1-2-15-6-10(17)16-9-4-7(11(13)18)3-8(5-9)12(14)19/h3-5,15H,2,6H2,1H3,(H2,13,18)(H2,14,19)(H,16,17). The fourth-order valence-electron chi connectivity index (χ4n) is 1.43. The minimum atomic E-state index is -0.703. The van der Waals surface area contributed by atoms with Crippen LogP contribution in [0.1, 0.15) is 27.6 Å². The van der Waals surface area contributed by atoms with Gasteiger partial charge in [0.1, 0.15) is 0 Å². The fourth-order valence-corrected chi connectivity index (χ4v) is 1.43. The Morgan fingerprint density at radius 3 is 2.00 bits per heavy atom. The van der Waals surface area contributed by atoms with E-state index >= 15 is 0 Å². The van der Waals surface area contributed by atoms with E-state index in [1.165, 1.54) is 18.2 Å².